The topological polar surface area (TPSA) is 75.7 Å². The Morgan fingerprint density at radius 2 is 1.72 bits per heavy atom. The fraction of sp³-hybridized carbons (Fsp3) is 0.136. The molecular formula is C22H20N2O4S. The molecule has 29 heavy (non-hydrogen) atoms. The fourth-order valence-corrected chi connectivity index (χ4v) is 4.82. The summed E-state index contributed by atoms with van der Waals surface area (Å²) >= 11 is 0. The van der Waals surface area contributed by atoms with Crippen LogP contribution in [0.15, 0.2) is 71.6 Å². The molecule has 0 unspecified atom stereocenters. The van der Waals surface area contributed by atoms with E-state index >= 15 is 0 Å². The van der Waals surface area contributed by atoms with Gasteiger partial charge in [0.15, 0.2) is 0 Å². The molecule has 1 N–H and O–H groups in total. The first-order chi connectivity index (χ1) is 13.9. The van der Waals surface area contributed by atoms with Crippen LogP contribution in [0.3, 0.4) is 0 Å². The van der Waals surface area contributed by atoms with Crippen molar-refractivity contribution in [1.82, 2.24) is 0 Å². The van der Waals surface area contributed by atoms with Gasteiger partial charge in [-0.3, -0.25) is 9.10 Å². The molecule has 4 rings (SSSR count). The minimum absolute atomic E-state index is 0.231. The van der Waals surface area contributed by atoms with Crippen LogP contribution < -0.4 is 14.4 Å². The summed E-state index contributed by atoms with van der Waals surface area (Å²) in [5.41, 5.74) is 2.83. The van der Waals surface area contributed by atoms with Gasteiger partial charge in [-0.2, -0.15) is 0 Å². The molecule has 0 saturated heterocycles. The summed E-state index contributed by atoms with van der Waals surface area (Å²) in [7, 11) is -2.10. The van der Waals surface area contributed by atoms with E-state index in [4.69, 9.17) is 4.74 Å². The van der Waals surface area contributed by atoms with E-state index in [-0.39, 0.29) is 10.8 Å². The fourth-order valence-electron chi connectivity index (χ4n) is 3.40. The maximum atomic E-state index is 12.9. The van der Waals surface area contributed by atoms with Crippen molar-refractivity contribution < 1.29 is 17.9 Å². The number of sulfonamides is 1. The maximum Gasteiger partial charge on any atom is 0.264 e. The Labute approximate surface area is 169 Å². The quantitative estimate of drug-likeness (QED) is 0.704. The highest BCUT2D eigenvalue weighted by atomic mass is 32.2. The average molecular weight is 408 g/mol. The summed E-state index contributed by atoms with van der Waals surface area (Å²) in [6.45, 7) is 2.37. The molecule has 0 fully saturated rings. The molecule has 0 radical (unpaired) electrons. The summed E-state index contributed by atoms with van der Waals surface area (Å²) in [5, 5.41) is 2.87. The van der Waals surface area contributed by atoms with Crippen molar-refractivity contribution in [2.24, 2.45) is 0 Å². The van der Waals surface area contributed by atoms with Gasteiger partial charge in [-0.15, -0.1) is 0 Å². The SMILES string of the molecule is CCOc1ccccc1NC(=O)c1ccc2c(c1)-c1ccccc1S(=O)(=O)N2C. The second-order valence-electron chi connectivity index (χ2n) is 6.58. The predicted molar refractivity (Wildman–Crippen MR) is 113 cm³/mol. The van der Waals surface area contributed by atoms with Gasteiger partial charge < -0.3 is 10.1 Å². The number of hydrogen-bond acceptors (Lipinski definition) is 4. The van der Waals surface area contributed by atoms with E-state index in [0.717, 1.165) is 0 Å². The standard InChI is InChI=1S/C22H20N2O4S/c1-3-28-20-10-6-5-9-18(20)23-22(25)15-12-13-19-17(14-15)16-8-4-7-11-21(16)29(26,27)24(19)2/h4-14H,3H2,1-2H3,(H,23,25). The molecule has 0 saturated carbocycles. The number of amides is 1. The largest absolute Gasteiger partial charge is 0.492 e. The molecule has 0 spiro atoms. The summed E-state index contributed by atoms with van der Waals surface area (Å²) < 4.78 is 32.3. The number of carbonyl (C=O) groups is 1. The molecule has 3 aromatic carbocycles. The van der Waals surface area contributed by atoms with Crippen LogP contribution in [0.2, 0.25) is 0 Å². The second-order valence-corrected chi connectivity index (χ2v) is 8.52. The van der Waals surface area contributed by atoms with Gasteiger partial charge in [-0.05, 0) is 43.3 Å². The van der Waals surface area contributed by atoms with Crippen molar-refractivity contribution in [3.05, 3.63) is 72.3 Å². The van der Waals surface area contributed by atoms with Gasteiger partial charge in [-0.25, -0.2) is 8.42 Å². The lowest BCUT2D eigenvalue weighted by Gasteiger charge is -2.29. The van der Waals surface area contributed by atoms with Crippen LogP contribution in [0, 0.1) is 0 Å². The van der Waals surface area contributed by atoms with Gasteiger partial charge in [0.05, 0.1) is 22.9 Å². The molecule has 0 aliphatic carbocycles. The molecule has 1 aliphatic heterocycles. The number of anilines is 2. The average Bonchev–Trinajstić information content (AvgIpc) is 2.73. The molecule has 0 aromatic heterocycles. The molecule has 1 heterocycles. The minimum atomic E-state index is -3.61. The third kappa shape index (κ3) is 3.23. The summed E-state index contributed by atoms with van der Waals surface area (Å²) in [4.78, 5) is 13.1. The van der Waals surface area contributed by atoms with Crippen LogP contribution in [-0.4, -0.2) is 28.0 Å². The Morgan fingerprint density at radius 3 is 2.52 bits per heavy atom. The zero-order chi connectivity index (χ0) is 20.6. The number of carbonyl (C=O) groups excluding carboxylic acids is 1. The summed E-state index contributed by atoms with van der Waals surface area (Å²) in [6.07, 6.45) is 0. The molecule has 0 atom stereocenters. The Balaban J connectivity index is 1.74. The first kappa shape index (κ1) is 19.0. The van der Waals surface area contributed by atoms with E-state index in [1.165, 1.54) is 11.4 Å². The number of ether oxygens (including phenoxy) is 1. The van der Waals surface area contributed by atoms with Crippen LogP contribution >= 0.6 is 0 Å². The number of benzene rings is 3. The van der Waals surface area contributed by atoms with Crippen LogP contribution in [0.5, 0.6) is 5.75 Å². The molecule has 6 nitrogen and oxygen atoms in total. The Hall–Kier alpha value is -3.32. The van der Waals surface area contributed by atoms with Crippen LogP contribution in [0.1, 0.15) is 17.3 Å². The number of hydrogen-bond donors (Lipinski definition) is 1. The van der Waals surface area contributed by atoms with E-state index in [1.807, 2.05) is 19.1 Å². The monoisotopic (exact) mass is 408 g/mol. The molecular weight excluding hydrogens is 388 g/mol. The van der Waals surface area contributed by atoms with E-state index < -0.39 is 10.0 Å². The predicted octanol–water partition coefficient (Wildman–Crippen LogP) is 4.14. The van der Waals surface area contributed by atoms with Gasteiger partial charge in [-0.1, -0.05) is 30.3 Å². The first-order valence-corrected chi connectivity index (χ1v) is 10.6. The van der Waals surface area contributed by atoms with E-state index in [9.17, 15) is 13.2 Å². The molecule has 7 heteroatoms. The van der Waals surface area contributed by atoms with E-state index in [1.54, 1.807) is 54.6 Å². The number of para-hydroxylation sites is 2. The van der Waals surface area contributed by atoms with Crippen molar-refractivity contribution in [2.75, 3.05) is 23.3 Å². The lowest BCUT2D eigenvalue weighted by molar-refractivity contribution is 0.102. The van der Waals surface area contributed by atoms with E-state index in [0.29, 0.717) is 40.4 Å². The Bertz CT molecular complexity index is 1200. The van der Waals surface area contributed by atoms with Gasteiger partial charge in [0.2, 0.25) is 0 Å². The minimum Gasteiger partial charge on any atom is -0.492 e. The normalized spacial score (nSPS) is 13.9. The van der Waals surface area contributed by atoms with E-state index in [2.05, 4.69) is 5.32 Å². The second kappa shape index (κ2) is 7.25. The van der Waals surface area contributed by atoms with Crippen LogP contribution in [0.25, 0.3) is 11.1 Å². The zero-order valence-electron chi connectivity index (χ0n) is 16.0. The highest BCUT2D eigenvalue weighted by Gasteiger charge is 2.32. The van der Waals surface area contributed by atoms with Gasteiger partial charge in [0.1, 0.15) is 5.75 Å². The third-order valence-corrected chi connectivity index (χ3v) is 6.68. The van der Waals surface area contributed by atoms with Gasteiger partial charge in [0, 0.05) is 23.7 Å². The van der Waals surface area contributed by atoms with Crippen molar-refractivity contribution in [2.45, 2.75) is 11.8 Å². The zero-order valence-corrected chi connectivity index (χ0v) is 16.9. The number of rotatable bonds is 4. The Morgan fingerprint density at radius 1 is 1.00 bits per heavy atom. The van der Waals surface area contributed by atoms with Crippen molar-refractivity contribution >= 4 is 27.3 Å². The highest BCUT2D eigenvalue weighted by Crippen LogP contribution is 2.42. The van der Waals surface area contributed by atoms with Crippen molar-refractivity contribution in [3.63, 3.8) is 0 Å². The van der Waals surface area contributed by atoms with Crippen LogP contribution in [-0.2, 0) is 10.0 Å². The molecule has 1 amide bonds. The molecule has 0 bridgehead atoms. The summed E-state index contributed by atoms with van der Waals surface area (Å²) in [5.74, 6) is 0.297. The third-order valence-electron chi connectivity index (χ3n) is 4.85. The highest BCUT2D eigenvalue weighted by molar-refractivity contribution is 7.93. The number of nitrogens with one attached hydrogen (secondary N) is 1. The van der Waals surface area contributed by atoms with Crippen LogP contribution in [0.4, 0.5) is 11.4 Å². The molecule has 1 aliphatic rings. The van der Waals surface area contributed by atoms with Gasteiger partial charge in [0.25, 0.3) is 15.9 Å². The summed E-state index contributed by atoms with van der Waals surface area (Å²) in [6, 6.07) is 19.0. The smallest absolute Gasteiger partial charge is 0.264 e. The number of nitrogens with zero attached hydrogens (tertiary/aromatic N) is 1. The lowest BCUT2D eigenvalue weighted by atomic mass is 10.00. The number of fused-ring (bicyclic) bond motifs is 3. The maximum absolute atomic E-state index is 12.9. The first-order valence-electron chi connectivity index (χ1n) is 9.19. The molecule has 148 valence electrons. The Kier molecular flexibility index (Phi) is 4.76. The van der Waals surface area contributed by atoms with Crippen molar-refractivity contribution in [1.29, 1.82) is 0 Å². The molecule has 3 aromatic rings. The van der Waals surface area contributed by atoms with Gasteiger partial charge >= 0.3 is 0 Å². The lowest BCUT2D eigenvalue weighted by Crippen LogP contribution is -2.30. The van der Waals surface area contributed by atoms with Crippen molar-refractivity contribution in [3.8, 4) is 16.9 Å².